The van der Waals surface area contributed by atoms with Crippen LogP contribution in [0.3, 0.4) is 0 Å². The SMILES string of the molecule is CNC(=O)c1nc(NS(=O)(=O)Cc2ccccc2)n(C)c(=O)c1O. The van der Waals surface area contributed by atoms with Crippen LogP contribution in [0.5, 0.6) is 5.75 Å². The zero-order chi connectivity index (χ0) is 17.9. The van der Waals surface area contributed by atoms with Gasteiger partial charge in [-0.15, -0.1) is 0 Å². The lowest BCUT2D eigenvalue weighted by Gasteiger charge is -2.12. The summed E-state index contributed by atoms with van der Waals surface area (Å²) in [5, 5.41) is 11.9. The average Bonchev–Trinajstić information content (AvgIpc) is 2.55. The maximum atomic E-state index is 12.2. The van der Waals surface area contributed by atoms with E-state index in [1.54, 1.807) is 30.3 Å². The molecule has 0 aliphatic rings. The summed E-state index contributed by atoms with van der Waals surface area (Å²) in [5.74, 6) is -2.37. The second-order valence-corrected chi connectivity index (χ2v) is 6.64. The van der Waals surface area contributed by atoms with Crippen LogP contribution in [0, 0.1) is 0 Å². The number of carbonyl (C=O) groups is 1. The summed E-state index contributed by atoms with van der Waals surface area (Å²) in [5.41, 5.74) is -0.959. The molecule has 128 valence electrons. The topological polar surface area (TPSA) is 130 Å². The maximum absolute atomic E-state index is 12.2. The molecule has 2 rings (SSSR count). The Balaban J connectivity index is 2.40. The van der Waals surface area contributed by atoms with Gasteiger partial charge in [0.2, 0.25) is 21.7 Å². The molecule has 0 bridgehead atoms. The van der Waals surface area contributed by atoms with Crippen LogP contribution in [0.2, 0.25) is 0 Å². The Hall–Kier alpha value is -2.88. The molecule has 1 amide bonds. The van der Waals surface area contributed by atoms with Gasteiger partial charge in [0, 0.05) is 14.1 Å². The fourth-order valence-electron chi connectivity index (χ4n) is 1.93. The summed E-state index contributed by atoms with van der Waals surface area (Å²) in [6.45, 7) is 0. The number of nitrogens with one attached hydrogen (secondary N) is 2. The Bertz CT molecular complexity index is 922. The number of hydrogen-bond donors (Lipinski definition) is 3. The third kappa shape index (κ3) is 3.71. The van der Waals surface area contributed by atoms with Gasteiger partial charge in [0.25, 0.3) is 11.5 Å². The molecular formula is C14H16N4O5S. The summed E-state index contributed by atoms with van der Waals surface area (Å²) in [4.78, 5) is 27.3. The largest absolute Gasteiger partial charge is 0.501 e. The summed E-state index contributed by atoms with van der Waals surface area (Å²) < 4.78 is 27.4. The van der Waals surface area contributed by atoms with E-state index in [1.165, 1.54) is 14.1 Å². The molecule has 0 radical (unpaired) electrons. The van der Waals surface area contributed by atoms with E-state index in [2.05, 4.69) is 15.0 Å². The zero-order valence-electron chi connectivity index (χ0n) is 13.0. The fourth-order valence-corrected chi connectivity index (χ4v) is 3.09. The lowest BCUT2D eigenvalue weighted by molar-refractivity contribution is 0.0954. The molecule has 3 N–H and O–H groups in total. The molecule has 1 aromatic carbocycles. The van der Waals surface area contributed by atoms with Crippen molar-refractivity contribution in [2.24, 2.45) is 7.05 Å². The van der Waals surface area contributed by atoms with Crippen molar-refractivity contribution in [1.29, 1.82) is 0 Å². The van der Waals surface area contributed by atoms with E-state index in [0.29, 0.717) is 5.56 Å². The highest BCUT2D eigenvalue weighted by molar-refractivity contribution is 7.91. The first-order valence-corrected chi connectivity index (χ1v) is 8.47. The molecule has 1 heterocycles. The standard InChI is InChI=1S/C14H16N4O5S/c1-15-12(20)10-11(19)13(21)18(2)14(16-10)17-24(22,23)8-9-6-4-3-5-7-9/h3-7,19H,8H2,1-2H3,(H,15,20)(H,16,17). The molecule has 0 saturated heterocycles. The van der Waals surface area contributed by atoms with E-state index in [4.69, 9.17) is 0 Å². The van der Waals surface area contributed by atoms with Crippen molar-refractivity contribution >= 4 is 21.9 Å². The Morgan fingerprint density at radius 2 is 1.92 bits per heavy atom. The summed E-state index contributed by atoms with van der Waals surface area (Å²) in [6.07, 6.45) is 0. The molecule has 0 fully saturated rings. The number of carbonyl (C=O) groups excluding carboxylic acids is 1. The van der Waals surface area contributed by atoms with Gasteiger partial charge >= 0.3 is 0 Å². The molecule has 0 unspecified atom stereocenters. The zero-order valence-corrected chi connectivity index (χ0v) is 13.8. The molecule has 1 aromatic heterocycles. The van der Waals surface area contributed by atoms with Crippen LogP contribution in [0.1, 0.15) is 16.1 Å². The van der Waals surface area contributed by atoms with E-state index < -0.39 is 32.9 Å². The Morgan fingerprint density at radius 3 is 2.50 bits per heavy atom. The van der Waals surface area contributed by atoms with Crippen molar-refractivity contribution in [2.75, 3.05) is 11.8 Å². The molecule has 0 spiro atoms. The van der Waals surface area contributed by atoms with E-state index >= 15 is 0 Å². The van der Waals surface area contributed by atoms with Crippen LogP contribution in [-0.2, 0) is 22.8 Å². The quantitative estimate of drug-likeness (QED) is 0.682. The highest BCUT2D eigenvalue weighted by Crippen LogP contribution is 2.14. The highest BCUT2D eigenvalue weighted by atomic mass is 32.2. The number of sulfonamides is 1. The van der Waals surface area contributed by atoms with Gasteiger partial charge in [-0.05, 0) is 5.56 Å². The minimum atomic E-state index is -3.87. The Kier molecular flexibility index (Phi) is 4.88. The van der Waals surface area contributed by atoms with Gasteiger partial charge in [-0.2, -0.15) is 0 Å². The second kappa shape index (κ2) is 6.71. The summed E-state index contributed by atoms with van der Waals surface area (Å²) in [6, 6.07) is 8.42. The monoisotopic (exact) mass is 352 g/mol. The number of benzene rings is 1. The molecule has 9 nitrogen and oxygen atoms in total. The van der Waals surface area contributed by atoms with Crippen molar-refractivity contribution in [3.05, 3.63) is 51.9 Å². The number of amides is 1. The van der Waals surface area contributed by atoms with E-state index in [1.807, 2.05) is 0 Å². The molecule has 10 heteroatoms. The average molecular weight is 352 g/mol. The Morgan fingerprint density at radius 1 is 1.29 bits per heavy atom. The van der Waals surface area contributed by atoms with Crippen LogP contribution >= 0.6 is 0 Å². The van der Waals surface area contributed by atoms with Crippen LogP contribution in [0.15, 0.2) is 35.1 Å². The molecule has 2 aromatic rings. The van der Waals surface area contributed by atoms with Crippen LogP contribution in [-0.4, -0.2) is 36.0 Å². The molecule has 0 saturated carbocycles. The highest BCUT2D eigenvalue weighted by Gasteiger charge is 2.22. The van der Waals surface area contributed by atoms with Crippen molar-refractivity contribution in [1.82, 2.24) is 14.9 Å². The molecular weight excluding hydrogens is 336 g/mol. The number of hydrogen-bond acceptors (Lipinski definition) is 6. The molecule has 0 aliphatic carbocycles. The number of anilines is 1. The van der Waals surface area contributed by atoms with Gasteiger partial charge in [-0.3, -0.25) is 18.9 Å². The fraction of sp³-hybridized carbons (Fsp3) is 0.214. The minimum absolute atomic E-state index is 0.333. The van der Waals surface area contributed by atoms with Gasteiger partial charge in [0.15, 0.2) is 5.69 Å². The molecule has 24 heavy (non-hydrogen) atoms. The first-order chi connectivity index (χ1) is 11.2. The lowest BCUT2D eigenvalue weighted by Crippen LogP contribution is -2.30. The third-order valence-electron chi connectivity index (χ3n) is 3.16. The number of nitrogens with zero attached hydrogens (tertiary/aromatic N) is 2. The number of aromatic nitrogens is 2. The summed E-state index contributed by atoms with van der Waals surface area (Å²) >= 11 is 0. The number of rotatable bonds is 5. The maximum Gasteiger partial charge on any atom is 0.297 e. The smallest absolute Gasteiger partial charge is 0.297 e. The van der Waals surface area contributed by atoms with E-state index in [-0.39, 0.29) is 11.7 Å². The van der Waals surface area contributed by atoms with Crippen LogP contribution < -0.4 is 15.6 Å². The lowest BCUT2D eigenvalue weighted by atomic mass is 10.2. The van der Waals surface area contributed by atoms with Gasteiger partial charge in [0.1, 0.15) is 0 Å². The van der Waals surface area contributed by atoms with Crippen molar-refractivity contribution < 1.29 is 18.3 Å². The number of aromatic hydroxyl groups is 1. The third-order valence-corrected chi connectivity index (χ3v) is 4.36. The van der Waals surface area contributed by atoms with Crippen molar-refractivity contribution in [3.8, 4) is 5.75 Å². The minimum Gasteiger partial charge on any atom is -0.501 e. The van der Waals surface area contributed by atoms with Gasteiger partial charge in [0.05, 0.1) is 5.75 Å². The van der Waals surface area contributed by atoms with E-state index in [9.17, 15) is 23.1 Å². The Labute approximate surface area is 138 Å². The molecule has 0 aliphatic heterocycles. The van der Waals surface area contributed by atoms with Crippen molar-refractivity contribution in [3.63, 3.8) is 0 Å². The van der Waals surface area contributed by atoms with Gasteiger partial charge in [-0.25, -0.2) is 13.4 Å². The van der Waals surface area contributed by atoms with E-state index in [0.717, 1.165) is 4.57 Å². The van der Waals surface area contributed by atoms with Gasteiger partial charge < -0.3 is 10.4 Å². The molecule has 0 atom stereocenters. The summed E-state index contributed by atoms with van der Waals surface area (Å²) in [7, 11) is -1.36. The first-order valence-electron chi connectivity index (χ1n) is 6.81. The van der Waals surface area contributed by atoms with Crippen LogP contribution in [0.25, 0.3) is 0 Å². The van der Waals surface area contributed by atoms with Crippen LogP contribution in [0.4, 0.5) is 5.95 Å². The predicted molar refractivity (Wildman–Crippen MR) is 87.2 cm³/mol. The van der Waals surface area contributed by atoms with Gasteiger partial charge in [-0.1, -0.05) is 30.3 Å². The normalized spacial score (nSPS) is 11.1. The van der Waals surface area contributed by atoms with Crippen molar-refractivity contribution in [2.45, 2.75) is 5.75 Å². The second-order valence-electron chi connectivity index (χ2n) is 4.92. The predicted octanol–water partition coefficient (Wildman–Crippen LogP) is -0.213. The first kappa shape index (κ1) is 17.5.